The molecule has 2 N–H and O–H groups in total. The van der Waals surface area contributed by atoms with E-state index in [4.69, 9.17) is 4.74 Å². The Bertz CT molecular complexity index is 1040. The minimum atomic E-state index is -1.07. The number of amides is 1. The van der Waals surface area contributed by atoms with Crippen molar-refractivity contribution in [2.45, 2.75) is 0 Å². The molecule has 4 rings (SSSR count). The number of hydrogen-bond acceptors (Lipinski definition) is 4. The fourth-order valence-electron chi connectivity index (χ4n) is 3.51. The molecule has 1 saturated heterocycles. The molecule has 0 saturated carbocycles. The van der Waals surface area contributed by atoms with E-state index in [-0.39, 0.29) is 11.5 Å². The predicted octanol–water partition coefficient (Wildman–Crippen LogP) is 4.14. The van der Waals surface area contributed by atoms with E-state index in [1.807, 2.05) is 54.6 Å². The van der Waals surface area contributed by atoms with Gasteiger partial charge in [0, 0.05) is 30.0 Å². The number of carboxylic acid groups (broad SMARTS) is 1. The highest BCUT2D eigenvalue weighted by molar-refractivity contribution is 6.10. The third-order valence-electron chi connectivity index (χ3n) is 5.10. The Balaban J connectivity index is 1.59. The number of nitrogens with zero attached hydrogens (tertiary/aromatic N) is 1. The van der Waals surface area contributed by atoms with E-state index in [0.717, 1.165) is 24.3 Å². The number of anilines is 2. The lowest BCUT2D eigenvalue weighted by atomic mass is 9.97. The second-order valence-corrected chi connectivity index (χ2v) is 7.03. The number of aromatic carboxylic acids is 1. The average Bonchev–Trinajstić information content (AvgIpc) is 2.80. The lowest BCUT2D eigenvalue weighted by Crippen LogP contribution is -2.36. The third kappa shape index (κ3) is 4.34. The van der Waals surface area contributed by atoms with E-state index in [9.17, 15) is 14.7 Å². The Labute approximate surface area is 174 Å². The van der Waals surface area contributed by atoms with Crippen molar-refractivity contribution in [3.63, 3.8) is 0 Å². The zero-order chi connectivity index (χ0) is 20.9. The summed E-state index contributed by atoms with van der Waals surface area (Å²) in [5.74, 6) is -1.42. The molecule has 0 bridgehead atoms. The number of nitrogens with one attached hydrogen (secondary N) is 1. The topological polar surface area (TPSA) is 78.9 Å². The molecule has 1 aliphatic heterocycles. The molecule has 1 heterocycles. The van der Waals surface area contributed by atoms with Gasteiger partial charge in [-0.3, -0.25) is 4.79 Å². The molecule has 1 fully saturated rings. The van der Waals surface area contributed by atoms with Crippen LogP contribution >= 0.6 is 0 Å². The summed E-state index contributed by atoms with van der Waals surface area (Å²) in [6.45, 7) is 3.10. The maximum Gasteiger partial charge on any atom is 0.335 e. The summed E-state index contributed by atoms with van der Waals surface area (Å²) in [4.78, 5) is 26.7. The fraction of sp³-hybridized carbons (Fsp3) is 0.167. The van der Waals surface area contributed by atoms with Gasteiger partial charge in [0.2, 0.25) is 0 Å². The smallest absolute Gasteiger partial charge is 0.335 e. The molecular weight excluding hydrogens is 380 g/mol. The van der Waals surface area contributed by atoms with E-state index >= 15 is 0 Å². The molecule has 0 unspecified atom stereocenters. The molecule has 0 aromatic heterocycles. The van der Waals surface area contributed by atoms with Gasteiger partial charge in [-0.2, -0.15) is 0 Å². The maximum atomic E-state index is 13.0. The van der Waals surface area contributed by atoms with E-state index in [2.05, 4.69) is 10.2 Å². The van der Waals surface area contributed by atoms with Crippen molar-refractivity contribution < 1.29 is 19.4 Å². The van der Waals surface area contributed by atoms with Crippen LogP contribution < -0.4 is 10.2 Å². The van der Waals surface area contributed by atoms with Gasteiger partial charge in [-0.25, -0.2) is 4.79 Å². The molecule has 3 aromatic carbocycles. The fourth-order valence-corrected chi connectivity index (χ4v) is 3.51. The largest absolute Gasteiger partial charge is 0.478 e. The first-order valence-corrected chi connectivity index (χ1v) is 9.79. The van der Waals surface area contributed by atoms with Crippen LogP contribution in [0.3, 0.4) is 0 Å². The Morgan fingerprint density at radius 1 is 0.900 bits per heavy atom. The van der Waals surface area contributed by atoms with Crippen molar-refractivity contribution in [1.82, 2.24) is 0 Å². The second-order valence-electron chi connectivity index (χ2n) is 7.03. The third-order valence-corrected chi connectivity index (χ3v) is 5.10. The quantitative estimate of drug-likeness (QED) is 0.671. The highest BCUT2D eigenvalue weighted by Gasteiger charge is 2.17. The summed E-state index contributed by atoms with van der Waals surface area (Å²) in [5.41, 5.74) is 3.65. The van der Waals surface area contributed by atoms with Crippen molar-refractivity contribution in [2.75, 3.05) is 36.5 Å². The molecule has 30 heavy (non-hydrogen) atoms. The number of benzene rings is 3. The van der Waals surface area contributed by atoms with Gasteiger partial charge < -0.3 is 20.1 Å². The van der Waals surface area contributed by atoms with Gasteiger partial charge in [-0.15, -0.1) is 0 Å². The van der Waals surface area contributed by atoms with Crippen LogP contribution in [-0.4, -0.2) is 43.3 Å². The Kier molecular flexibility index (Phi) is 5.77. The summed E-state index contributed by atoms with van der Waals surface area (Å²) < 4.78 is 5.38. The first kappa shape index (κ1) is 19.7. The highest BCUT2D eigenvalue weighted by atomic mass is 16.5. The Hall–Kier alpha value is -3.64. The van der Waals surface area contributed by atoms with Crippen LogP contribution in [0, 0.1) is 0 Å². The van der Waals surface area contributed by atoms with Gasteiger partial charge in [0.25, 0.3) is 5.91 Å². The first-order chi connectivity index (χ1) is 14.6. The first-order valence-electron chi connectivity index (χ1n) is 9.79. The van der Waals surface area contributed by atoms with Crippen molar-refractivity contribution in [3.8, 4) is 11.1 Å². The summed E-state index contributed by atoms with van der Waals surface area (Å²) >= 11 is 0. The minimum absolute atomic E-state index is 0.0718. The molecule has 1 aliphatic rings. The summed E-state index contributed by atoms with van der Waals surface area (Å²) in [7, 11) is 0. The number of morpholine rings is 1. The molecule has 152 valence electrons. The number of hydrogen-bond donors (Lipinski definition) is 2. The van der Waals surface area contributed by atoms with Crippen molar-refractivity contribution in [2.24, 2.45) is 0 Å². The lowest BCUT2D eigenvalue weighted by molar-refractivity contribution is 0.0697. The summed E-state index contributed by atoms with van der Waals surface area (Å²) in [6.07, 6.45) is 0. The number of carbonyl (C=O) groups excluding carboxylic acids is 1. The van der Waals surface area contributed by atoms with Crippen molar-refractivity contribution >= 4 is 23.3 Å². The van der Waals surface area contributed by atoms with Crippen LogP contribution in [0.1, 0.15) is 20.7 Å². The second kappa shape index (κ2) is 8.80. The van der Waals surface area contributed by atoms with Crippen LogP contribution in [-0.2, 0) is 4.74 Å². The van der Waals surface area contributed by atoms with Crippen LogP contribution in [0.15, 0.2) is 72.8 Å². The van der Waals surface area contributed by atoms with Gasteiger partial charge in [-0.05, 0) is 47.5 Å². The van der Waals surface area contributed by atoms with Crippen LogP contribution in [0.25, 0.3) is 11.1 Å². The molecule has 0 spiro atoms. The molecule has 1 amide bonds. The summed E-state index contributed by atoms with van der Waals surface area (Å²) in [6, 6.07) is 21.7. The normalized spacial score (nSPS) is 13.7. The van der Waals surface area contributed by atoms with Crippen molar-refractivity contribution in [1.29, 1.82) is 0 Å². The van der Waals surface area contributed by atoms with Crippen LogP contribution in [0.2, 0.25) is 0 Å². The Morgan fingerprint density at radius 3 is 2.27 bits per heavy atom. The van der Waals surface area contributed by atoms with Gasteiger partial charge in [0.1, 0.15) is 0 Å². The SMILES string of the molecule is O=C(O)c1ccc(-c2ccccc2)c(C(=O)Nc2ccc(N3CCOCC3)cc2)c1. The Morgan fingerprint density at radius 2 is 1.60 bits per heavy atom. The number of carbonyl (C=O) groups is 2. The highest BCUT2D eigenvalue weighted by Crippen LogP contribution is 2.26. The molecule has 0 atom stereocenters. The van der Waals surface area contributed by atoms with Crippen molar-refractivity contribution in [3.05, 3.63) is 83.9 Å². The van der Waals surface area contributed by atoms with Crippen LogP contribution in [0.4, 0.5) is 11.4 Å². The number of ether oxygens (including phenoxy) is 1. The molecule has 3 aromatic rings. The average molecular weight is 402 g/mol. The number of rotatable bonds is 5. The molecular formula is C24H22N2O4. The van der Waals surface area contributed by atoms with E-state index in [1.54, 1.807) is 6.07 Å². The van der Waals surface area contributed by atoms with Gasteiger partial charge in [-0.1, -0.05) is 36.4 Å². The molecule has 6 heteroatoms. The predicted molar refractivity (Wildman–Crippen MR) is 116 cm³/mol. The minimum Gasteiger partial charge on any atom is -0.478 e. The zero-order valence-electron chi connectivity index (χ0n) is 16.4. The molecule has 6 nitrogen and oxygen atoms in total. The van der Waals surface area contributed by atoms with E-state index in [1.165, 1.54) is 12.1 Å². The standard InChI is InChI=1S/C24H22N2O4/c27-23(25-19-7-9-20(10-8-19)26-12-14-30-15-13-26)22-16-18(24(28)29)6-11-21(22)17-4-2-1-3-5-17/h1-11,16H,12-15H2,(H,25,27)(H,28,29). The zero-order valence-corrected chi connectivity index (χ0v) is 16.4. The van der Waals surface area contributed by atoms with E-state index in [0.29, 0.717) is 30.0 Å². The summed E-state index contributed by atoms with van der Waals surface area (Å²) in [5, 5.41) is 12.2. The van der Waals surface area contributed by atoms with E-state index < -0.39 is 5.97 Å². The van der Waals surface area contributed by atoms with Crippen LogP contribution in [0.5, 0.6) is 0 Å². The number of carboxylic acids is 1. The lowest BCUT2D eigenvalue weighted by Gasteiger charge is -2.28. The molecule has 0 aliphatic carbocycles. The van der Waals surface area contributed by atoms with Gasteiger partial charge in [0.15, 0.2) is 0 Å². The molecule has 0 radical (unpaired) electrons. The van der Waals surface area contributed by atoms with Gasteiger partial charge in [0.05, 0.1) is 18.8 Å². The monoisotopic (exact) mass is 402 g/mol. The maximum absolute atomic E-state index is 13.0. The van der Waals surface area contributed by atoms with Gasteiger partial charge >= 0.3 is 5.97 Å².